The maximum atomic E-state index is 10.6. The Morgan fingerprint density at radius 2 is 2.36 bits per heavy atom. The summed E-state index contributed by atoms with van der Waals surface area (Å²) < 4.78 is 18.3. The van der Waals surface area contributed by atoms with Gasteiger partial charge in [-0.1, -0.05) is 5.92 Å². The first-order chi connectivity index (χ1) is 5.06. The molecule has 2 unspecified atom stereocenters. The molecule has 0 aromatic heterocycles. The molecule has 0 spiro atoms. The van der Waals surface area contributed by atoms with E-state index in [1.54, 1.807) is 0 Å². The van der Waals surface area contributed by atoms with Gasteiger partial charge in [-0.2, -0.15) is 5.26 Å². The highest BCUT2D eigenvalue weighted by Gasteiger charge is 2.27. The van der Waals surface area contributed by atoms with Crippen LogP contribution >= 0.6 is 0 Å². The number of nitriles is 1. The maximum absolute atomic E-state index is 10.6. The summed E-state index contributed by atoms with van der Waals surface area (Å²) in [6.45, 7) is 1.49. The fraction of sp³-hybridized carbons (Fsp3) is 0.571. The predicted molar refractivity (Wildman–Crippen MR) is 42.9 cm³/mol. The zero-order valence-corrected chi connectivity index (χ0v) is 7.02. The molecule has 1 N–H and O–H groups in total. The lowest BCUT2D eigenvalue weighted by molar-refractivity contribution is 0.526. The van der Waals surface area contributed by atoms with Crippen LogP contribution in [0, 0.1) is 23.7 Å². The number of rotatable bonds is 3. The van der Waals surface area contributed by atoms with Crippen LogP contribution in [0.5, 0.6) is 0 Å². The molecule has 0 radical (unpaired) electrons. The minimum Gasteiger partial charge on any atom is -0.305 e. The van der Waals surface area contributed by atoms with Gasteiger partial charge < -0.3 is 4.55 Å². The van der Waals surface area contributed by atoms with Crippen LogP contribution in [-0.2, 0) is 11.1 Å². The molecule has 0 saturated heterocycles. The van der Waals surface area contributed by atoms with Gasteiger partial charge in [0, 0.05) is 6.42 Å². The van der Waals surface area contributed by atoms with E-state index in [4.69, 9.17) is 16.2 Å². The zero-order chi connectivity index (χ0) is 8.91. The van der Waals surface area contributed by atoms with Gasteiger partial charge in [-0.25, -0.2) is 4.21 Å². The van der Waals surface area contributed by atoms with Gasteiger partial charge in [0.15, 0.2) is 11.1 Å². The summed E-state index contributed by atoms with van der Waals surface area (Å²) >= 11 is -2.06. The average molecular weight is 171 g/mol. The smallest absolute Gasteiger partial charge is 0.171 e. The molecular weight excluding hydrogens is 162 g/mol. The summed E-state index contributed by atoms with van der Waals surface area (Å²) in [5, 5.41) is 8.21. The lowest BCUT2D eigenvalue weighted by atomic mass is 10.1. The summed E-state index contributed by atoms with van der Waals surface area (Å²) in [6, 6.07) is 1.87. The summed E-state index contributed by atoms with van der Waals surface area (Å²) in [7, 11) is 0. The van der Waals surface area contributed by atoms with E-state index < -0.39 is 15.8 Å². The van der Waals surface area contributed by atoms with E-state index >= 15 is 0 Å². The van der Waals surface area contributed by atoms with E-state index in [0.29, 0.717) is 0 Å². The first-order valence-corrected chi connectivity index (χ1v) is 4.13. The average Bonchev–Trinajstić information content (AvgIpc) is 2.00. The zero-order valence-electron chi connectivity index (χ0n) is 6.20. The van der Waals surface area contributed by atoms with Crippen molar-refractivity contribution in [3.8, 4) is 18.4 Å². The Kier molecular flexibility index (Phi) is 3.81. The SMILES string of the molecule is C#CC(C)(CCC#N)S(=O)O. The minimum atomic E-state index is -2.06. The Bertz CT molecular complexity index is 238. The molecule has 0 aliphatic heterocycles. The molecular formula is C7H9NO2S. The predicted octanol–water partition coefficient (Wildman–Crippen LogP) is 0.904. The number of hydrogen-bond acceptors (Lipinski definition) is 2. The van der Waals surface area contributed by atoms with Crippen LogP contribution in [0.2, 0.25) is 0 Å². The van der Waals surface area contributed by atoms with Gasteiger partial charge >= 0.3 is 0 Å². The van der Waals surface area contributed by atoms with Crippen LogP contribution in [0.25, 0.3) is 0 Å². The molecule has 0 amide bonds. The van der Waals surface area contributed by atoms with Gasteiger partial charge in [0.1, 0.15) is 4.75 Å². The quantitative estimate of drug-likeness (QED) is 0.507. The highest BCUT2D eigenvalue weighted by molar-refractivity contribution is 7.81. The van der Waals surface area contributed by atoms with E-state index in [-0.39, 0.29) is 12.8 Å². The van der Waals surface area contributed by atoms with Gasteiger partial charge in [0.2, 0.25) is 0 Å². The Hall–Kier alpha value is -0.840. The molecule has 3 nitrogen and oxygen atoms in total. The van der Waals surface area contributed by atoms with Crippen LogP contribution in [0.3, 0.4) is 0 Å². The van der Waals surface area contributed by atoms with E-state index in [2.05, 4.69) is 5.92 Å². The molecule has 4 heteroatoms. The second kappa shape index (κ2) is 4.12. The van der Waals surface area contributed by atoms with Crippen molar-refractivity contribution in [3.63, 3.8) is 0 Å². The summed E-state index contributed by atoms with van der Waals surface area (Å²) in [5.41, 5.74) is 0. The molecule has 0 aliphatic rings. The number of terminal acetylenes is 1. The van der Waals surface area contributed by atoms with Crippen molar-refractivity contribution in [2.24, 2.45) is 0 Å². The van der Waals surface area contributed by atoms with Crippen molar-refractivity contribution in [2.75, 3.05) is 0 Å². The highest BCUT2D eigenvalue weighted by Crippen LogP contribution is 2.17. The van der Waals surface area contributed by atoms with Gasteiger partial charge in [-0.15, -0.1) is 6.42 Å². The molecule has 0 aromatic rings. The summed E-state index contributed by atoms with van der Waals surface area (Å²) in [5.74, 6) is 2.21. The van der Waals surface area contributed by atoms with Crippen LogP contribution < -0.4 is 0 Å². The topological polar surface area (TPSA) is 61.1 Å². The molecule has 0 saturated carbocycles. The maximum Gasteiger partial charge on any atom is 0.171 e. The van der Waals surface area contributed by atoms with Crippen molar-refractivity contribution in [2.45, 2.75) is 24.5 Å². The molecule has 0 fully saturated rings. The fourth-order valence-electron chi connectivity index (χ4n) is 0.504. The number of nitrogens with zero attached hydrogens (tertiary/aromatic N) is 1. The summed E-state index contributed by atoms with van der Waals surface area (Å²) in [6.07, 6.45) is 5.49. The van der Waals surface area contributed by atoms with E-state index in [1.165, 1.54) is 6.92 Å². The molecule has 0 rings (SSSR count). The Morgan fingerprint density at radius 1 is 1.82 bits per heavy atom. The third-order valence-electron chi connectivity index (χ3n) is 1.40. The highest BCUT2D eigenvalue weighted by atomic mass is 32.2. The second-order valence-electron chi connectivity index (χ2n) is 2.28. The van der Waals surface area contributed by atoms with Gasteiger partial charge in [0.25, 0.3) is 0 Å². The van der Waals surface area contributed by atoms with Gasteiger partial charge in [0.05, 0.1) is 6.07 Å². The monoisotopic (exact) mass is 171 g/mol. The molecule has 11 heavy (non-hydrogen) atoms. The van der Waals surface area contributed by atoms with Crippen LogP contribution in [0.15, 0.2) is 0 Å². The lowest BCUT2D eigenvalue weighted by Gasteiger charge is -2.16. The van der Waals surface area contributed by atoms with Crippen LogP contribution in [-0.4, -0.2) is 13.5 Å². The van der Waals surface area contributed by atoms with E-state index in [0.717, 1.165) is 0 Å². The minimum absolute atomic E-state index is 0.201. The molecule has 0 bridgehead atoms. The largest absolute Gasteiger partial charge is 0.305 e. The van der Waals surface area contributed by atoms with E-state index in [1.807, 2.05) is 6.07 Å². The van der Waals surface area contributed by atoms with Crippen LogP contribution in [0.4, 0.5) is 0 Å². The van der Waals surface area contributed by atoms with Crippen LogP contribution in [0.1, 0.15) is 19.8 Å². The molecule has 2 atom stereocenters. The first-order valence-electron chi connectivity index (χ1n) is 3.02. The normalized spacial score (nSPS) is 17.5. The van der Waals surface area contributed by atoms with E-state index in [9.17, 15) is 4.21 Å². The van der Waals surface area contributed by atoms with Crippen molar-refractivity contribution in [1.29, 1.82) is 5.26 Å². The van der Waals surface area contributed by atoms with Crippen molar-refractivity contribution >= 4 is 11.1 Å². The Morgan fingerprint density at radius 3 is 2.64 bits per heavy atom. The molecule has 60 valence electrons. The van der Waals surface area contributed by atoms with Gasteiger partial charge in [-0.3, -0.25) is 0 Å². The van der Waals surface area contributed by atoms with Gasteiger partial charge in [-0.05, 0) is 13.3 Å². The van der Waals surface area contributed by atoms with Crippen molar-refractivity contribution in [3.05, 3.63) is 0 Å². The molecule has 0 aromatic carbocycles. The Balaban J connectivity index is 4.29. The third kappa shape index (κ3) is 2.71. The standard InChI is InChI=1S/C7H9NO2S/c1-3-7(2,11(9)10)5-4-6-8/h1H,4-5H2,2H3,(H,9,10). The van der Waals surface area contributed by atoms with Crippen molar-refractivity contribution < 1.29 is 8.76 Å². The number of hydrogen-bond donors (Lipinski definition) is 1. The Labute approximate surface area is 68.7 Å². The molecule has 0 aliphatic carbocycles. The first kappa shape index (κ1) is 10.2. The fourth-order valence-corrected chi connectivity index (χ4v) is 0.882. The second-order valence-corrected chi connectivity index (χ2v) is 3.68. The van der Waals surface area contributed by atoms with Crippen molar-refractivity contribution in [1.82, 2.24) is 0 Å². The molecule has 0 heterocycles. The lowest BCUT2D eigenvalue weighted by Crippen LogP contribution is -2.27. The third-order valence-corrected chi connectivity index (χ3v) is 2.50. The summed E-state index contributed by atoms with van der Waals surface area (Å²) in [4.78, 5) is 0.